The van der Waals surface area contributed by atoms with Gasteiger partial charge in [0.15, 0.2) is 6.61 Å². The largest absolute Gasteiger partial charge is 0.482 e. The molecule has 1 N–H and O–H groups in total. The van der Waals surface area contributed by atoms with Crippen LogP contribution in [0.1, 0.15) is 37.0 Å². The summed E-state index contributed by atoms with van der Waals surface area (Å²) in [6.07, 6.45) is 7.28. The Labute approximate surface area is 210 Å². The Morgan fingerprint density at radius 3 is 2.48 bits per heavy atom. The number of carbonyl (C=O) groups is 1. The Kier molecular flexibility index (Phi) is 10.8. The zero-order valence-electron chi connectivity index (χ0n) is 19.7. The zero-order valence-corrected chi connectivity index (χ0v) is 22.1. The number of ether oxygens (including phenoxy) is 1. The summed E-state index contributed by atoms with van der Waals surface area (Å²) in [5.74, 6) is 0.396. The molecule has 0 aliphatic carbocycles. The van der Waals surface area contributed by atoms with Crippen molar-refractivity contribution in [3.63, 3.8) is 0 Å². The Morgan fingerprint density at radius 2 is 1.91 bits per heavy atom. The number of hydrogen-bond acceptors (Lipinski definition) is 3. The number of carboxylic acids is 1. The number of carboxylic acid groups (broad SMARTS) is 1. The molecule has 0 aromatic heterocycles. The molecule has 0 amide bonds. The Bertz CT molecular complexity index is 1090. The van der Waals surface area contributed by atoms with Crippen LogP contribution in [0.25, 0.3) is 5.57 Å². The summed E-state index contributed by atoms with van der Waals surface area (Å²) in [4.78, 5) is 11.9. The molecular weight excluding hydrogens is 496 g/mol. The zero-order chi connectivity index (χ0) is 24.4. The maximum absolute atomic E-state index is 10.8. The fraction of sp³-hybridized carbons (Fsp3) is 0.250. The van der Waals surface area contributed by atoms with Gasteiger partial charge < -0.3 is 9.84 Å². The summed E-state index contributed by atoms with van der Waals surface area (Å²) in [6, 6.07) is 14.2. The van der Waals surface area contributed by atoms with E-state index in [0.717, 1.165) is 32.7 Å². The van der Waals surface area contributed by atoms with Gasteiger partial charge >= 0.3 is 5.97 Å². The molecule has 0 aliphatic rings. The number of hydrogen-bond donors (Lipinski definition) is 1. The van der Waals surface area contributed by atoms with Gasteiger partial charge in [0, 0.05) is 10.6 Å². The van der Waals surface area contributed by atoms with Crippen LogP contribution in [0.15, 0.2) is 87.8 Å². The number of allylic oxidation sites excluding steroid dienone is 6. The topological polar surface area (TPSA) is 46.5 Å². The van der Waals surface area contributed by atoms with Crippen LogP contribution in [-0.4, -0.2) is 23.4 Å². The number of rotatable bonds is 11. The first-order valence-corrected chi connectivity index (χ1v) is 12.6. The van der Waals surface area contributed by atoms with Gasteiger partial charge in [-0.2, -0.15) is 0 Å². The average molecular weight is 528 g/mol. The second kappa shape index (κ2) is 13.3. The van der Waals surface area contributed by atoms with E-state index < -0.39 is 5.97 Å². The van der Waals surface area contributed by atoms with Crippen molar-refractivity contribution in [2.75, 3.05) is 12.4 Å². The van der Waals surface area contributed by atoms with Gasteiger partial charge in [0.2, 0.25) is 0 Å². The monoisotopic (exact) mass is 526 g/mol. The van der Waals surface area contributed by atoms with Crippen LogP contribution in [0, 0.1) is 13.8 Å². The molecule has 0 saturated heterocycles. The second-order valence-electron chi connectivity index (χ2n) is 7.58. The maximum atomic E-state index is 10.8. The molecule has 2 aromatic carbocycles. The molecule has 0 heterocycles. The molecule has 0 aliphatic heterocycles. The van der Waals surface area contributed by atoms with Gasteiger partial charge in [0.25, 0.3) is 0 Å². The summed E-state index contributed by atoms with van der Waals surface area (Å²) in [5.41, 5.74) is 6.89. The number of halogens is 1. The average Bonchev–Trinajstić information content (AvgIpc) is 2.77. The third-order valence-electron chi connectivity index (χ3n) is 5.06. The number of benzene rings is 2. The SMILES string of the molecule is C=CC(/C(=C/CSc1ccc(OCC(=O)O)c(C)c1)c1ccccc1C)=C(\C=C(/C)Br)CC. The first kappa shape index (κ1) is 26.7. The van der Waals surface area contributed by atoms with Crippen LogP contribution in [0.4, 0.5) is 0 Å². The molecule has 33 heavy (non-hydrogen) atoms. The highest BCUT2D eigenvalue weighted by atomic mass is 79.9. The minimum Gasteiger partial charge on any atom is -0.482 e. The van der Waals surface area contributed by atoms with Gasteiger partial charge in [-0.15, -0.1) is 11.8 Å². The first-order valence-electron chi connectivity index (χ1n) is 10.8. The Hall–Kier alpha value is -2.50. The number of aliphatic carboxylic acids is 1. The quantitative estimate of drug-likeness (QED) is 0.237. The summed E-state index contributed by atoms with van der Waals surface area (Å²) >= 11 is 5.30. The van der Waals surface area contributed by atoms with Crippen molar-refractivity contribution in [2.24, 2.45) is 0 Å². The van der Waals surface area contributed by atoms with Crippen LogP contribution in [0.3, 0.4) is 0 Å². The molecule has 0 fully saturated rings. The van der Waals surface area contributed by atoms with Crippen molar-refractivity contribution in [2.45, 2.75) is 39.0 Å². The highest BCUT2D eigenvalue weighted by Gasteiger charge is 2.12. The lowest BCUT2D eigenvalue weighted by atomic mass is 9.90. The van der Waals surface area contributed by atoms with Gasteiger partial charge in [-0.05, 0) is 89.4 Å². The van der Waals surface area contributed by atoms with E-state index in [1.165, 1.54) is 22.3 Å². The van der Waals surface area contributed by atoms with Crippen LogP contribution in [-0.2, 0) is 4.79 Å². The highest BCUT2D eigenvalue weighted by Crippen LogP contribution is 2.33. The molecule has 0 unspecified atom stereocenters. The van der Waals surface area contributed by atoms with E-state index in [2.05, 4.69) is 72.8 Å². The van der Waals surface area contributed by atoms with Crippen LogP contribution in [0.2, 0.25) is 0 Å². The molecular formula is C28H31BrO3S. The maximum Gasteiger partial charge on any atom is 0.341 e. The normalized spacial score (nSPS) is 12.9. The van der Waals surface area contributed by atoms with Crippen molar-refractivity contribution < 1.29 is 14.6 Å². The molecule has 174 valence electrons. The molecule has 5 heteroatoms. The van der Waals surface area contributed by atoms with Crippen molar-refractivity contribution in [3.05, 3.63) is 99.6 Å². The molecule has 0 radical (unpaired) electrons. The standard InChI is InChI=1S/C28H31BrO3S/c1-6-22(17-21(5)29)24(7-2)26(25-11-9-8-10-19(25)3)14-15-33-23-12-13-27(20(4)16-23)32-18-28(30)31/h7-14,16-17H,2,6,15,18H2,1,3-5H3,(H,30,31)/b21-17+,24-22+,26-14-. The smallest absolute Gasteiger partial charge is 0.341 e. The lowest BCUT2D eigenvalue weighted by Gasteiger charge is -2.16. The summed E-state index contributed by atoms with van der Waals surface area (Å²) in [5, 5.41) is 8.82. The van der Waals surface area contributed by atoms with Crippen LogP contribution < -0.4 is 4.74 Å². The van der Waals surface area contributed by atoms with Crippen molar-refractivity contribution in [3.8, 4) is 5.75 Å². The van der Waals surface area contributed by atoms with Crippen molar-refractivity contribution >= 4 is 39.2 Å². The van der Waals surface area contributed by atoms with E-state index in [4.69, 9.17) is 9.84 Å². The van der Waals surface area contributed by atoms with Gasteiger partial charge in [0.05, 0.1) is 0 Å². The van der Waals surface area contributed by atoms with Gasteiger partial charge in [0.1, 0.15) is 5.75 Å². The van der Waals surface area contributed by atoms with E-state index in [1.807, 2.05) is 38.1 Å². The summed E-state index contributed by atoms with van der Waals surface area (Å²) in [7, 11) is 0. The van der Waals surface area contributed by atoms with Gasteiger partial charge in [-0.25, -0.2) is 4.79 Å². The van der Waals surface area contributed by atoms with Gasteiger partial charge in [-0.3, -0.25) is 0 Å². The van der Waals surface area contributed by atoms with Crippen molar-refractivity contribution in [1.82, 2.24) is 0 Å². The highest BCUT2D eigenvalue weighted by molar-refractivity contribution is 9.11. The predicted octanol–water partition coefficient (Wildman–Crippen LogP) is 8.13. The lowest BCUT2D eigenvalue weighted by molar-refractivity contribution is -0.139. The number of aryl methyl sites for hydroxylation is 2. The lowest BCUT2D eigenvalue weighted by Crippen LogP contribution is -2.09. The van der Waals surface area contributed by atoms with E-state index in [-0.39, 0.29) is 6.61 Å². The second-order valence-corrected chi connectivity index (χ2v) is 9.93. The Morgan fingerprint density at radius 1 is 1.18 bits per heavy atom. The van der Waals surface area contributed by atoms with E-state index in [9.17, 15) is 4.79 Å². The molecule has 3 nitrogen and oxygen atoms in total. The molecule has 0 bridgehead atoms. The van der Waals surface area contributed by atoms with Gasteiger partial charge in [-0.1, -0.05) is 65.9 Å². The molecule has 0 saturated carbocycles. The van der Waals surface area contributed by atoms with Crippen molar-refractivity contribution in [1.29, 1.82) is 0 Å². The summed E-state index contributed by atoms with van der Waals surface area (Å²) < 4.78 is 6.42. The molecule has 2 aromatic rings. The first-order chi connectivity index (χ1) is 15.8. The molecule has 0 atom stereocenters. The molecule has 2 rings (SSSR count). The van der Waals surface area contributed by atoms with E-state index >= 15 is 0 Å². The Balaban J connectivity index is 2.38. The minimum absolute atomic E-state index is 0.339. The minimum atomic E-state index is -0.982. The fourth-order valence-corrected chi connectivity index (χ4v) is 4.64. The van der Waals surface area contributed by atoms with E-state index in [1.54, 1.807) is 11.8 Å². The van der Waals surface area contributed by atoms with Crippen LogP contribution in [0.5, 0.6) is 5.75 Å². The van der Waals surface area contributed by atoms with Crippen LogP contribution >= 0.6 is 27.7 Å². The third-order valence-corrected chi connectivity index (χ3v) is 6.21. The third kappa shape index (κ3) is 8.09. The fourth-order valence-electron chi connectivity index (χ4n) is 3.50. The number of thioether (sulfide) groups is 1. The summed E-state index contributed by atoms with van der Waals surface area (Å²) in [6.45, 7) is 12.0. The van der Waals surface area contributed by atoms with E-state index in [0.29, 0.717) is 5.75 Å². The molecule has 0 spiro atoms. The predicted molar refractivity (Wildman–Crippen MR) is 144 cm³/mol.